The van der Waals surface area contributed by atoms with Gasteiger partial charge >= 0.3 is 0 Å². The van der Waals surface area contributed by atoms with Gasteiger partial charge in [0.25, 0.3) is 0 Å². The lowest BCUT2D eigenvalue weighted by atomic mass is 9.94. The summed E-state index contributed by atoms with van der Waals surface area (Å²) >= 11 is 12.0. The smallest absolute Gasteiger partial charge is 0.239 e. The zero-order valence-electron chi connectivity index (χ0n) is 17.4. The van der Waals surface area contributed by atoms with Crippen molar-refractivity contribution in [2.24, 2.45) is 5.14 Å². The fourth-order valence-electron chi connectivity index (χ4n) is 2.80. The van der Waals surface area contributed by atoms with Crippen LogP contribution >= 0.6 is 35.6 Å². The third-order valence-corrected chi connectivity index (χ3v) is 6.30. The number of hydrogen-bond acceptors (Lipinski definition) is 6. The zero-order chi connectivity index (χ0) is 22.5. The molecule has 4 N–H and O–H groups in total. The Kier molecular flexibility index (Phi) is 10.4. The SMILES string of the molecule is COc1ccc(CC(C)(C)NC[C@@H](O)COc2ccc(S(N)(=O)=O)c(Cl)c2Cl)cc1.Cl. The second-order valence-electron chi connectivity index (χ2n) is 7.49. The number of ether oxygens (including phenoxy) is 2. The molecule has 11 heteroatoms. The molecule has 0 aliphatic rings. The molecule has 1 atom stereocenters. The van der Waals surface area contributed by atoms with E-state index in [-0.39, 0.29) is 51.8 Å². The summed E-state index contributed by atoms with van der Waals surface area (Å²) < 4.78 is 33.6. The lowest BCUT2D eigenvalue weighted by molar-refractivity contribution is 0.0988. The van der Waals surface area contributed by atoms with Gasteiger partial charge in [0.15, 0.2) is 0 Å². The van der Waals surface area contributed by atoms with Crippen LogP contribution in [0.15, 0.2) is 41.3 Å². The Balaban J connectivity index is 0.00000480. The molecule has 0 radical (unpaired) electrons. The first kappa shape index (κ1) is 27.8. The summed E-state index contributed by atoms with van der Waals surface area (Å²) in [6.45, 7) is 4.29. The van der Waals surface area contributed by atoms with Gasteiger partial charge in [-0.15, -0.1) is 12.4 Å². The van der Waals surface area contributed by atoms with Crippen LogP contribution in [0.25, 0.3) is 0 Å². The predicted octanol–water partition coefficient (Wildman–Crippen LogP) is 3.42. The summed E-state index contributed by atoms with van der Waals surface area (Å²) in [5.41, 5.74) is 0.864. The molecule has 2 rings (SSSR count). The lowest BCUT2D eigenvalue weighted by Crippen LogP contribution is -2.46. The highest BCUT2D eigenvalue weighted by atomic mass is 35.5. The van der Waals surface area contributed by atoms with E-state index in [1.54, 1.807) is 7.11 Å². The molecule has 0 bridgehead atoms. The minimum Gasteiger partial charge on any atom is -0.497 e. The van der Waals surface area contributed by atoms with Crippen LogP contribution in [0.1, 0.15) is 19.4 Å². The summed E-state index contributed by atoms with van der Waals surface area (Å²) in [5.74, 6) is 0.957. The first-order valence-electron chi connectivity index (χ1n) is 9.12. The highest BCUT2D eigenvalue weighted by Crippen LogP contribution is 2.36. The van der Waals surface area contributed by atoms with Crippen LogP contribution in [0.3, 0.4) is 0 Å². The fraction of sp³-hybridized carbons (Fsp3) is 0.400. The Morgan fingerprint density at radius 1 is 1.13 bits per heavy atom. The number of hydrogen-bond donors (Lipinski definition) is 3. The summed E-state index contributed by atoms with van der Waals surface area (Å²) in [4.78, 5) is -0.288. The highest BCUT2D eigenvalue weighted by Gasteiger charge is 2.21. The Morgan fingerprint density at radius 2 is 1.74 bits per heavy atom. The molecule has 2 aromatic carbocycles. The van der Waals surface area contributed by atoms with Gasteiger partial charge in [-0.3, -0.25) is 0 Å². The molecule has 0 aromatic heterocycles. The number of benzene rings is 2. The highest BCUT2D eigenvalue weighted by molar-refractivity contribution is 7.89. The van der Waals surface area contributed by atoms with Crippen molar-refractivity contribution in [3.63, 3.8) is 0 Å². The number of β-amino-alcohol motifs (C(OH)–C–C–N with tert-alkyl or cyclic N) is 1. The molecule has 0 aliphatic carbocycles. The molecule has 174 valence electrons. The Morgan fingerprint density at radius 3 is 2.29 bits per heavy atom. The van der Waals surface area contributed by atoms with Crippen molar-refractivity contribution in [1.29, 1.82) is 0 Å². The Bertz CT molecular complexity index is 970. The molecular weight excluding hydrogens is 487 g/mol. The van der Waals surface area contributed by atoms with Gasteiger partial charge < -0.3 is 19.9 Å². The molecule has 0 unspecified atom stereocenters. The van der Waals surface area contributed by atoms with Crippen LogP contribution in [0.2, 0.25) is 10.0 Å². The lowest BCUT2D eigenvalue weighted by Gasteiger charge is -2.28. The summed E-state index contributed by atoms with van der Waals surface area (Å²) in [6.07, 6.45) is -0.0750. The van der Waals surface area contributed by atoms with Crippen molar-refractivity contribution < 1.29 is 23.0 Å². The molecule has 0 saturated heterocycles. The number of primary sulfonamides is 1. The van der Waals surface area contributed by atoms with Crippen LogP contribution in [0.4, 0.5) is 0 Å². The van der Waals surface area contributed by atoms with Gasteiger partial charge in [-0.05, 0) is 50.1 Å². The van der Waals surface area contributed by atoms with Crippen LogP contribution in [0.5, 0.6) is 11.5 Å². The second-order valence-corrected chi connectivity index (χ2v) is 9.78. The normalized spacial score (nSPS) is 12.7. The van der Waals surface area contributed by atoms with Gasteiger partial charge in [0.2, 0.25) is 10.0 Å². The maximum atomic E-state index is 11.5. The van der Waals surface area contributed by atoms with Gasteiger partial charge in [0.05, 0.1) is 12.1 Å². The fourth-order valence-corrected chi connectivity index (χ4v) is 4.16. The molecule has 0 spiro atoms. The van der Waals surface area contributed by atoms with Crippen molar-refractivity contribution in [3.05, 3.63) is 52.0 Å². The van der Waals surface area contributed by atoms with E-state index in [4.69, 9.17) is 37.8 Å². The predicted molar refractivity (Wildman–Crippen MR) is 125 cm³/mol. The number of methoxy groups -OCH3 is 1. The summed E-state index contributed by atoms with van der Waals surface area (Å²) in [5, 5.41) is 18.4. The first-order chi connectivity index (χ1) is 13.9. The average Bonchev–Trinajstić information content (AvgIpc) is 2.67. The standard InChI is InChI=1S/C20H26Cl2N2O5S.ClH/c1-20(2,10-13-4-6-15(28-3)7-5-13)24-11-14(25)12-29-16-8-9-17(30(23,26)27)19(22)18(16)21;/h4-9,14,24-25H,10-12H2,1-3H3,(H2,23,26,27);1H/t14-;/m1./s1. The Labute approximate surface area is 199 Å². The molecule has 0 aliphatic heterocycles. The van der Waals surface area contributed by atoms with Crippen molar-refractivity contribution >= 4 is 45.6 Å². The minimum absolute atomic E-state index is 0. The van der Waals surface area contributed by atoms with E-state index in [0.29, 0.717) is 0 Å². The van der Waals surface area contributed by atoms with E-state index in [1.165, 1.54) is 12.1 Å². The van der Waals surface area contributed by atoms with E-state index in [9.17, 15) is 13.5 Å². The minimum atomic E-state index is -4.00. The molecule has 0 heterocycles. The molecule has 0 saturated carbocycles. The van der Waals surface area contributed by atoms with Crippen LogP contribution in [-0.2, 0) is 16.4 Å². The van der Waals surface area contributed by atoms with Crippen LogP contribution in [0, 0.1) is 0 Å². The van der Waals surface area contributed by atoms with Gasteiger partial charge in [-0.25, -0.2) is 13.6 Å². The number of rotatable bonds is 10. The van der Waals surface area contributed by atoms with Gasteiger partial charge in [-0.2, -0.15) is 0 Å². The van der Waals surface area contributed by atoms with E-state index in [0.717, 1.165) is 17.7 Å². The molecule has 2 aromatic rings. The molecular formula is C20H27Cl3N2O5S. The van der Waals surface area contributed by atoms with E-state index in [2.05, 4.69) is 5.32 Å². The quantitative estimate of drug-likeness (QED) is 0.449. The largest absolute Gasteiger partial charge is 0.497 e. The topological polar surface area (TPSA) is 111 Å². The van der Waals surface area contributed by atoms with Gasteiger partial charge in [-0.1, -0.05) is 35.3 Å². The maximum absolute atomic E-state index is 11.5. The van der Waals surface area contributed by atoms with Crippen molar-refractivity contribution in [1.82, 2.24) is 5.32 Å². The zero-order valence-corrected chi connectivity index (χ0v) is 20.5. The van der Waals surface area contributed by atoms with Gasteiger partial charge in [0.1, 0.15) is 34.1 Å². The monoisotopic (exact) mass is 512 g/mol. The number of halogens is 3. The Hall–Kier alpha value is -1.26. The number of sulfonamides is 1. The van der Waals surface area contributed by atoms with Crippen molar-refractivity contribution in [2.75, 3.05) is 20.3 Å². The molecule has 31 heavy (non-hydrogen) atoms. The molecule has 0 amide bonds. The third-order valence-electron chi connectivity index (χ3n) is 4.37. The number of aliphatic hydroxyl groups excluding tert-OH is 1. The average molecular weight is 514 g/mol. The first-order valence-corrected chi connectivity index (χ1v) is 11.4. The van der Waals surface area contributed by atoms with Crippen LogP contribution in [-0.4, -0.2) is 45.4 Å². The summed E-state index contributed by atoms with van der Waals surface area (Å²) in [6, 6.07) is 10.4. The van der Waals surface area contributed by atoms with Crippen molar-refractivity contribution in [3.8, 4) is 11.5 Å². The number of aliphatic hydroxyl groups is 1. The van der Waals surface area contributed by atoms with E-state index < -0.39 is 16.1 Å². The third kappa shape index (κ3) is 8.31. The summed E-state index contributed by atoms with van der Waals surface area (Å²) in [7, 11) is -2.37. The van der Waals surface area contributed by atoms with Crippen LogP contribution < -0.4 is 19.9 Å². The van der Waals surface area contributed by atoms with E-state index in [1.807, 2.05) is 38.1 Å². The van der Waals surface area contributed by atoms with Gasteiger partial charge in [0, 0.05) is 12.1 Å². The second kappa shape index (κ2) is 11.6. The van der Waals surface area contributed by atoms with E-state index >= 15 is 0 Å². The van der Waals surface area contributed by atoms with Crippen molar-refractivity contribution in [2.45, 2.75) is 36.8 Å². The molecule has 0 fully saturated rings. The number of nitrogens with two attached hydrogens (primary N) is 1. The number of nitrogens with one attached hydrogen (secondary N) is 1. The molecule has 7 nitrogen and oxygen atoms in total. The maximum Gasteiger partial charge on any atom is 0.239 e.